The Balaban J connectivity index is 1.31. The maximum atomic E-state index is 13.1. The van der Waals surface area contributed by atoms with E-state index in [1.54, 1.807) is 4.90 Å². The van der Waals surface area contributed by atoms with Gasteiger partial charge in [-0.3, -0.25) is 38.7 Å². The van der Waals surface area contributed by atoms with Crippen molar-refractivity contribution in [1.82, 2.24) is 25.3 Å². The third kappa shape index (κ3) is 10.9. The molecule has 314 valence electrons. The van der Waals surface area contributed by atoms with Crippen LogP contribution in [0.1, 0.15) is 78.6 Å². The van der Waals surface area contributed by atoms with Gasteiger partial charge >= 0.3 is 17.9 Å². The highest BCUT2D eigenvalue weighted by atomic mass is 16.4. The smallest absolute Gasteiger partial charge is 0.317 e. The number of fused-ring (bicyclic) bond motifs is 5. The number of nitrogens with one attached hydrogen (secondary N) is 2. The highest BCUT2D eigenvalue weighted by Crippen LogP contribution is 2.68. The van der Waals surface area contributed by atoms with Crippen molar-refractivity contribution in [2.75, 3.05) is 65.8 Å². The predicted molar refractivity (Wildman–Crippen MR) is 198 cm³/mol. The molecular formula is C38H65N5O12. The number of aliphatic carboxylic acids is 3. The molecule has 4 aliphatic rings. The third-order valence-electron chi connectivity index (χ3n) is 14.1. The van der Waals surface area contributed by atoms with E-state index < -0.39 is 62.6 Å². The molecule has 4 fully saturated rings. The van der Waals surface area contributed by atoms with Crippen LogP contribution in [0.5, 0.6) is 0 Å². The summed E-state index contributed by atoms with van der Waals surface area (Å²) in [6.07, 6.45) is 4.86. The summed E-state index contributed by atoms with van der Waals surface area (Å²) >= 11 is 0. The molecular weight excluding hydrogens is 718 g/mol. The van der Waals surface area contributed by atoms with Crippen LogP contribution in [0.3, 0.4) is 0 Å². The average molecular weight is 784 g/mol. The topological polar surface area (TPSA) is 261 Å². The Kier molecular flexibility index (Phi) is 15.9. The molecule has 4 rings (SSSR count). The molecule has 0 aromatic carbocycles. The summed E-state index contributed by atoms with van der Waals surface area (Å²) in [5.74, 6) is -3.23. The molecule has 0 aromatic rings. The van der Waals surface area contributed by atoms with Gasteiger partial charge in [-0.1, -0.05) is 20.8 Å². The second-order valence-corrected chi connectivity index (χ2v) is 17.3. The number of nitrogens with zero attached hydrogens (tertiary/aromatic N) is 3. The van der Waals surface area contributed by atoms with Crippen LogP contribution in [0.4, 0.5) is 0 Å². The zero-order valence-corrected chi connectivity index (χ0v) is 32.6. The van der Waals surface area contributed by atoms with Gasteiger partial charge in [-0.15, -0.1) is 0 Å². The Bertz CT molecular complexity index is 1340. The summed E-state index contributed by atoms with van der Waals surface area (Å²) in [6.45, 7) is 4.71. The summed E-state index contributed by atoms with van der Waals surface area (Å²) in [5, 5.41) is 75.7. The van der Waals surface area contributed by atoms with Crippen molar-refractivity contribution in [2.24, 2.45) is 46.3 Å². The van der Waals surface area contributed by atoms with Crippen LogP contribution >= 0.6 is 0 Å². The number of amides is 2. The molecule has 4 saturated carbocycles. The lowest BCUT2D eigenvalue weighted by Gasteiger charge is -2.63. The van der Waals surface area contributed by atoms with Crippen molar-refractivity contribution in [3.63, 3.8) is 0 Å². The quantitative estimate of drug-likeness (QED) is 0.0675. The van der Waals surface area contributed by atoms with Gasteiger partial charge < -0.3 is 46.4 Å². The number of aliphatic hydroxyl groups excluding tert-OH is 4. The van der Waals surface area contributed by atoms with Gasteiger partial charge in [0.2, 0.25) is 11.8 Å². The second-order valence-electron chi connectivity index (χ2n) is 17.3. The molecule has 0 radical (unpaired) electrons. The maximum absolute atomic E-state index is 13.1. The van der Waals surface area contributed by atoms with Crippen molar-refractivity contribution in [2.45, 2.75) is 96.8 Å². The van der Waals surface area contributed by atoms with Crippen LogP contribution in [0, 0.1) is 46.3 Å². The monoisotopic (exact) mass is 783 g/mol. The van der Waals surface area contributed by atoms with E-state index in [0.29, 0.717) is 25.7 Å². The van der Waals surface area contributed by atoms with Crippen molar-refractivity contribution >= 4 is 29.7 Å². The third-order valence-corrected chi connectivity index (χ3v) is 14.1. The fourth-order valence-electron chi connectivity index (χ4n) is 11.2. The summed E-state index contributed by atoms with van der Waals surface area (Å²) in [4.78, 5) is 63.9. The number of rotatable bonds is 21. The molecule has 17 heteroatoms. The van der Waals surface area contributed by atoms with Gasteiger partial charge in [-0.25, -0.2) is 0 Å². The molecule has 0 spiro atoms. The van der Waals surface area contributed by atoms with Crippen molar-refractivity contribution < 1.29 is 59.7 Å². The van der Waals surface area contributed by atoms with E-state index in [4.69, 9.17) is 10.2 Å². The lowest BCUT2D eigenvalue weighted by molar-refractivity contribution is -0.202. The molecule has 0 saturated heterocycles. The van der Waals surface area contributed by atoms with Crippen LogP contribution in [-0.4, -0.2) is 164 Å². The molecule has 8 unspecified atom stereocenters. The minimum atomic E-state index is -1.20. The van der Waals surface area contributed by atoms with Crippen molar-refractivity contribution in [1.29, 1.82) is 0 Å². The number of hydrogen-bond acceptors (Lipinski definition) is 12. The van der Waals surface area contributed by atoms with Gasteiger partial charge in [-0.2, -0.15) is 0 Å². The molecule has 9 N–H and O–H groups in total. The van der Waals surface area contributed by atoms with E-state index in [2.05, 4.69) is 31.4 Å². The molecule has 55 heavy (non-hydrogen) atoms. The number of carboxylic acids is 3. The zero-order chi connectivity index (χ0) is 40.7. The van der Waals surface area contributed by atoms with E-state index in [-0.39, 0.29) is 104 Å². The average Bonchev–Trinajstić information content (AvgIpc) is 3.47. The van der Waals surface area contributed by atoms with Crippen LogP contribution in [0.25, 0.3) is 0 Å². The Labute approximate surface area is 323 Å². The van der Waals surface area contributed by atoms with Crippen molar-refractivity contribution in [3.8, 4) is 0 Å². The van der Waals surface area contributed by atoms with Gasteiger partial charge in [0.15, 0.2) is 0 Å². The number of carboxylic acid groups (broad SMARTS) is 3. The molecule has 0 aromatic heterocycles. The van der Waals surface area contributed by atoms with E-state index in [0.717, 1.165) is 25.7 Å². The zero-order valence-electron chi connectivity index (χ0n) is 32.6. The van der Waals surface area contributed by atoms with Gasteiger partial charge in [0.05, 0.1) is 51.8 Å². The number of aliphatic hydroxyl groups is 4. The van der Waals surface area contributed by atoms with E-state index >= 15 is 0 Å². The first-order chi connectivity index (χ1) is 25.9. The Hall–Kier alpha value is -2.93. The van der Waals surface area contributed by atoms with Crippen LogP contribution in [-0.2, 0) is 24.0 Å². The minimum absolute atomic E-state index is 0.0237. The van der Waals surface area contributed by atoms with Gasteiger partial charge in [-0.05, 0) is 97.7 Å². The van der Waals surface area contributed by atoms with Crippen LogP contribution < -0.4 is 10.6 Å². The van der Waals surface area contributed by atoms with Gasteiger partial charge in [0.25, 0.3) is 0 Å². The first-order valence-electron chi connectivity index (χ1n) is 19.9. The summed E-state index contributed by atoms with van der Waals surface area (Å²) in [7, 11) is 0. The molecule has 17 nitrogen and oxygen atoms in total. The normalized spacial score (nSPS) is 33.4. The Morgan fingerprint density at radius 2 is 1.36 bits per heavy atom. The van der Waals surface area contributed by atoms with Crippen LogP contribution in [0.15, 0.2) is 0 Å². The lowest BCUT2D eigenvalue weighted by atomic mass is 9.43. The number of hydrogen-bond donors (Lipinski definition) is 9. The van der Waals surface area contributed by atoms with Gasteiger partial charge in [0.1, 0.15) is 0 Å². The Morgan fingerprint density at radius 1 is 0.745 bits per heavy atom. The van der Waals surface area contributed by atoms with E-state index in [1.807, 2.05) is 0 Å². The van der Waals surface area contributed by atoms with Crippen molar-refractivity contribution in [3.05, 3.63) is 0 Å². The molecule has 2 amide bonds. The largest absolute Gasteiger partial charge is 0.481 e. The second kappa shape index (κ2) is 19.5. The fraction of sp³-hybridized carbons (Fsp3) is 0.868. The Morgan fingerprint density at radius 3 is 1.96 bits per heavy atom. The number of carbonyl (C=O) groups is 5. The lowest BCUT2D eigenvalue weighted by Crippen LogP contribution is -2.63. The summed E-state index contributed by atoms with van der Waals surface area (Å²) in [6, 6.07) is -0.148. The minimum Gasteiger partial charge on any atom is -0.481 e. The molecule has 4 aliphatic carbocycles. The predicted octanol–water partition coefficient (Wildman–Crippen LogP) is -0.336. The van der Waals surface area contributed by atoms with Gasteiger partial charge in [0, 0.05) is 38.6 Å². The standard InChI is InChI=1S/C38H65N5O12/c1-23(4-7-33(50)51)26-5-6-27-36-28(16-30(47)38(26,27)3)37(2)9-8-25(14-24(37)15-29(36)46)40-31(48)17-39-32(49)18-41(11-13-43(21-44)22-45)10-12-42(19-34(52)53)20-35(54)55/h23-30,36,44-47H,4-22H2,1-3H3,(H,39,49)(H,40,48)(H,50,51)(H,52,53)(H,54,55)/t23?,24?,25?,26-,27?,28?,29?,30?,36?,37+,38-/m1/s1. The highest BCUT2D eigenvalue weighted by molar-refractivity contribution is 5.85. The van der Waals surface area contributed by atoms with E-state index in [9.17, 15) is 49.5 Å². The van der Waals surface area contributed by atoms with Crippen LogP contribution in [0.2, 0.25) is 0 Å². The maximum Gasteiger partial charge on any atom is 0.317 e. The highest BCUT2D eigenvalue weighted by Gasteiger charge is 2.65. The molecule has 0 bridgehead atoms. The molecule has 11 atom stereocenters. The summed E-state index contributed by atoms with van der Waals surface area (Å²) < 4.78 is 0. The molecule has 0 heterocycles. The SMILES string of the molecule is CC(CCC(=O)O)[C@H]1CCC2C3C(O)CC4CC(NC(=O)CNC(=O)CN(CCN(CO)CO)CCN(CC(=O)O)CC(=O)O)CC[C@]4(C)C3CC(O)[C@@]21C. The number of carbonyl (C=O) groups excluding carboxylic acids is 2. The molecule has 0 aliphatic heterocycles. The first kappa shape index (κ1) is 44.8. The van der Waals surface area contributed by atoms with E-state index in [1.165, 1.54) is 9.80 Å². The first-order valence-corrected chi connectivity index (χ1v) is 19.9. The fourth-order valence-corrected chi connectivity index (χ4v) is 11.2. The summed E-state index contributed by atoms with van der Waals surface area (Å²) in [5.41, 5.74) is -0.500.